The van der Waals surface area contributed by atoms with Gasteiger partial charge in [-0.1, -0.05) is 0 Å². The van der Waals surface area contributed by atoms with E-state index in [9.17, 15) is 4.79 Å². The lowest BCUT2D eigenvalue weighted by Crippen LogP contribution is -2.53. The summed E-state index contributed by atoms with van der Waals surface area (Å²) >= 11 is 0. The van der Waals surface area contributed by atoms with Gasteiger partial charge in [0.25, 0.3) is 0 Å². The minimum atomic E-state index is -0.00431. The summed E-state index contributed by atoms with van der Waals surface area (Å²) in [5, 5.41) is 0. The van der Waals surface area contributed by atoms with Crippen LogP contribution in [0.4, 0.5) is 0 Å². The molecule has 1 heterocycles. The van der Waals surface area contributed by atoms with E-state index in [0.717, 1.165) is 34.9 Å². The highest BCUT2D eigenvalue weighted by Crippen LogP contribution is 2.21. The lowest BCUT2D eigenvalue weighted by molar-refractivity contribution is -0.906. The fourth-order valence-electron chi connectivity index (χ4n) is 2.46. The quantitative estimate of drug-likeness (QED) is 0.560. The molecule has 4 heteroatoms. The molecule has 0 N–H and O–H groups in total. The summed E-state index contributed by atoms with van der Waals surface area (Å²) in [5.41, 5.74) is 0. The molecule has 0 radical (unpaired) electrons. The SMILES string of the molecule is C[N+](C)(C)CCOC(=O)C1CCCCC[N+]1(C)C. The van der Waals surface area contributed by atoms with Gasteiger partial charge in [-0.05, 0) is 19.3 Å². The molecule has 0 aromatic carbocycles. The Kier molecular flexibility index (Phi) is 5.17. The average Bonchev–Trinajstić information content (AvgIpc) is 2.36. The molecule has 1 aliphatic rings. The van der Waals surface area contributed by atoms with Gasteiger partial charge in [0.1, 0.15) is 13.2 Å². The van der Waals surface area contributed by atoms with Gasteiger partial charge in [-0.15, -0.1) is 0 Å². The maximum atomic E-state index is 12.2. The first kappa shape index (κ1) is 15.4. The summed E-state index contributed by atoms with van der Waals surface area (Å²) in [6.07, 6.45) is 4.58. The van der Waals surface area contributed by atoms with Gasteiger partial charge in [0, 0.05) is 6.42 Å². The number of nitrogens with zero attached hydrogens (tertiary/aromatic N) is 2. The molecule has 0 aromatic heterocycles. The maximum absolute atomic E-state index is 12.2. The number of rotatable bonds is 4. The highest BCUT2D eigenvalue weighted by molar-refractivity contribution is 5.74. The van der Waals surface area contributed by atoms with Crippen LogP contribution in [0.1, 0.15) is 25.7 Å². The molecule has 1 fully saturated rings. The van der Waals surface area contributed by atoms with Crippen LogP contribution in [0.15, 0.2) is 0 Å². The Morgan fingerprint density at radius 1 is 1.22 bits per heavy atom. The van der Waals surface area contributed by atoms with Crippen LogP contribution >= 0.6 is 0 Å². The smallest absolute Gasteiger partial charge is 0.365 e. The van der Waals surface area contributed by atoms with Crippen LogP contribution in [0.5, 0.6) is 0 Å². The zero-order valence-corrected chi connectivity index (χ0v) is 12.7. The minimum Gasteiger partial charge on any atom is -0.455 e. The molecule has 0 saturated carbocycles. The van der Waals surface area contributed by atoms with Crippen molar-refractivity contribution in [2.75, 3.05) is 54.9 Å². The molecule has 1 saturated heterocycles. The predicted molar refractivity (Wildman–Crippen MR) is 73.1 cm³/mol. The standard InChI is InChI=1S/C14H30N2O2/c1-15(2,3)11-12-18-14(17)13-9-7-6-8-10-16(13,4)5/h13H,6-12H2,1-5H3/q+2. The number of likely N-dealkylation sites (tertiary alicyclic amines) is 1. The number of hydrogen-bond donors (Lipinski definition) is 0. The number of hydrogen-bond acceptors (Lipinski definition) is 2. The van der Waals surface area contributed by atoms with E-state index in [2.05, 4.69) is 35.2 Å². The zero-order chi connectivity index (χ0) is 13.8. The van der Waals surface area contributed by atoms with Crippen molar-refractivity contribution in [3.63, 3.8) is 0 Å². The van der Waals surface area contributed by atoms with E-state index >= 15 is 0 Å². The number of carbonyl (C=O) groups is 1. The van der Waals surface area contributed by atoms with Gasteiger partial charge in [0.2, 0.25) is 0 Å². The predicted octanol–water partition coefficient (Wildman–Crippen LogP) is 1.25. The van der Waals surface area contributed by atoms with Crippen molar-refractivity contribution in [1.82, 2.24) is 0 Å². The second kappa shape index (κ2) is 6.02. The van der Waals surface area contributed by atoms with Gasteiger partial charge >= 0.3 is 5.97 Å². The minimum absolute atomic E-state index is 0.00431. The van der Waals surface area contributed by atoms with Crippen LogP contribution in [-0.2, 0) is 9.53 Å². The van der Waals surface area contributed by atoms with Gasteiger partial charge in [-0.3, -0.25) is 0 Å². The Balaban J connectivity index is 2.48. The fraction of sp³-hybridized carbons (Fsp3) is 0.929. The largest absolute Gasteiger partial charge is 0.455 e. The third kappa shape index (κ3) is 4.94. The molecule has 0 bridgehead atoms. The van der Waals surface area contributed by atoms with Crippen LogP contribution < -0.4 is 0 Å². The molecule has 1 rings (SSSR count). The highest BCUT2D eigenvalue weighted by Gasteiger charge is 2.37. The first-order chi connectivity index (χ1) is 8.22. The average molecular weight is 258 g/mol. The summed E-state index contributed by atoms with van der Waals surface area (Å²) in [5.74, 6) is -0.00431. The topological polar surface area (TPSA) is 26.3 Å². The second-order valence-corrected chi connectivity index (χ2v) is 7.05. The summed E-state index contributed by atoms with van der Waals surface area (Å²) in [4.78, 5) is 12.2. The highest BCUT2D eigenvalue weighted by atomic mass is 16.5. The van der Waals surface area contributed by atoms with Gasteiger partial charge < -0.3 is 13.7 Å². The van der Waals surface area contributed by atoms with Crippen LogP contribution in [0.25, 0.3) is 0 Å². The number of likely N-dealkylation sites (N-methyl/N-ethyl adjacent to an activating group) is 2. The molecule has 1 unspecified atom stereocenters. The molecule has 106 valence electrons. The molecule has 0 aromatic rings. The molecule has 4 nitrogen and oxygen atoms in total. The van der Waals surface area contributed by atoms with Gasteiger partial charge in [-0.25, -0.2) is 4.79 Å². The summed E-state index contributed by atoms with van der Waals surface area (Å²) < 4.78 is 7.09. The lowest BCUT2D eigenvalue weighted by Gasteiger charge is -2.35. The third-order valence-corrected chi connectivity index (χ3v) is 3.83. The Hall–Kier alpha value is -0.610. The van der Waals surface area contributed by atoms with Gasteiger partial charge in [-0.2, -0.15) is 0 Å². The van der Waals surface area contributed by atoms with E-state index in [0.29, 0.717) is 6.61 Å². The number of carbonyl (C=O) groups excluding carboxylic acids is 1. The van der Waals surface area contributed by atoms with Crippen LogP contribution in [0.2, 0.25) is 0 Å². The molecule has 0 spiro atoms. The van der Waals surface area contributed by atoms with E-state index in [-0.39, 0.29) is 12.0 Å². The Labute approximate surface area is 112 Å². The Morgan fingerprint density at radius 2 is 1.89 bits per heavy atom. The van der Waals surface area contributed by atoms with Crippen molar-refractivity contribution in [2.45, 2.75) is 31.7 Å². The fourth-order valence-corrected chi connectivity index (χ4v) is 2.46. The van der Waals surface area contributed by atoms with Crippen LogP contribution in [0, 0.1) is 0 Å². The molecular weight excluding hydrogens is 228 g/mol. The van der Waals surface area contributed by atoms with Crippen molar-refractivity contribution in [3.8, 4) is 0 Å². The number of ether oxygens (including phenoxy) is 1. The lowest BCUT2D eigenvalue weighted by atomic mass is 10.1. The molecule has 1 aliphatic heterocycles. The summed E-state index contributed by atoms with van der Waals surface area (Å²) in [6, 6.07) is 0.0277. The van der Waals surface area contributed by atoms with E-state index in [4.69, 9.17) is 4.74 Å². The molecular formula is C14H30N2O2+2. The van der Waals surface area contributed by atoms with Crippen LogP contribution in [-0.4, -0.2) is 75.9 Å². The van der Waals surface area contributed by atoms with E-state index in [1.807, 2.05) is 0 Å². The monoisotopic (exact) mass is 258 g/mol. The van der Waals surface area contributed by atoms with Crippen molar-refractivity contribution < 1.29 is 18.5 Å². The van der Waals surface area contributed by atoms with E-state index in [1.54, 1.807) is 0 Å². The van der Waals surface area contributed by atoms with Crippen LogP contribution in [0.3, 0.4) is 0 Å². The van der Waals surface area contributed by atoms with Gasteiger partial charge in [0.15, 0.2) is 6.04 Å². The first-order valence-corrected chi connectivity index (χ1v) is 7.02. The number of esters is 1. The zero-order valence-electron chi connectivity index (χ0n) is 12.7. The van der Waals surface area contributed by atoms with E-state index in [1.165, 1.54) is 12.8 Å². The Morgan fingerprint density at radius 3 is 2.50 bits per heavy atom. The summed E-state index contributed by atoms with van der Waals surface area (Å²) in [6.45, 7) is 2.47. The van der Waals surface area contributed by atoms with Gasteiger partial charge in [0.05, 0.1) is 41.8 Å². The van der Waals surface area contributed by atoms with Crippen molar-refractivity contribution in [3.05, 3.63) is 0 Å². The van der Waals surface area contributed by atoms with Crippen molar-refractivity contribution in [2.24, 2.45) is 0 Å². The second-order valence-electron chi connectivity index (χ2n) is 7.05. The maximum Gasteiger partial charge on any atom is 0.365 e. The third-order valence-electron chi connectivity index (χ3n) is 3.83. The van der Waals surface area contributed by atoms with Crippen molar-refractivity contribution >= 4 is 5.97 Å². The van der Waals surface area contributed by atoms with Crippen molar-refractivity contribution in [1.29, 1.82) is 0 Å². The molecule has 0 aliphatic carbocycles. The summed E-state index contributed by atoms with van der Waals surface area (Å²) in [7, 11) is 10.6. The normalized spacial score (nSPS) is 24.4. The number of quaternary nitrogens is 2. The molecule has 18 heavy (non-hydrogen) atoms. The van der Waals surface area contributed by atoms with E-state index < -0.39 is 0 Å². The molecule has 1 atom stereocenters. The Bertz CT molecular complexity index is 282. The molecule has 0 amide bonds. The first-order valence-electron chi connectivity index (χ1n) is 7.02.